The minimum absolute atomic E-state index is 0.0705. The number of allylic oxidation sites excluding steroid dienone is 1. The van der Waals surface area contributed by atoms with Gasteiger partial charge in [0.25, 0.3) is 0 Å². The van der Waals surface area contributed by atoms with E-state index in [1.54, 1.807) is 20.8 Å². The summed E-state index contributed by atoms with van der Waals surface area (Å²) in [6.07, 6.45) is 1.89. The van der Waals surface area contributed by atoms with Crippen LogP contribution in [-0.4, -0.2) is 49.6 Å². The molecule has 134 valence electrons. The predicted molar refractivity (Wildman–Crippen MR) is 86.5 cm³/mol. The zero-order valence-corrected chi connectivity index (χ0v) is 14.6. The maximum atomic E-state index is 12.2. The molecule has 1 rings (SSSR count). The van der Waals surface area contributed by atoms with Gasteiger partial charge in [0.1, 0.15) is 0 Å². The van der Waals surface area contributed by atoms with E-state index in [1.807, 2.05) is 18.7 Å². The maximum Gasteiger partial charge on any atom is 0.388 e. The minimum atomic E-state index is -2.88. The van der Waals surface area contributed by atoms with Crippen molar-refractivity contribution in [3.8, 4) is 0 Å². The first kappa shape index (κ1) is 21.3. The van der Waals surface area contributed by atoms with Crippen molar-refractivity contribution in [3.05, 3.63) is 11.8 Å². The van der Waals surface area contributed by atoms with Gasteiger partial charge in [0.15, 0.2) is 0 Å². The summed E-state index contributed by atoms with van der Waals surface area (Å²) in [5, 5.41) is 0. The highest BCUT2D eigenvalue weighted by Crippen LogP contribution is 2.24. The highest BCUT2D eigenvalue weighted by molar-refractivity contribution is 5.88. The first-order valence-corrected chi connectivity index (χ1v) is 8.04. The van der Waals surface area contributed by atoms with Gasteiger partial charge in [-0.2, -0.15) is 8.78 Å². The van der Waals surface area contributed by atoms with Gasteiger partial charge in [-0.25, -0.2) is 0 Å². The van der Waals surface area contributed by atoms with Crippen LogP contribution in [0.15, 0.2) is 16.8 Å². The van der Waals surface area contributed by atoms with E-state index in [9.17, 15) is 13.6 Å². The summed E-state index contributed by atoms with van der Waals surface area (Å²) in [5.41, 5.74) is 0.794. The van der Waals surface area contributed by atoms with Crippen molar-refractivity contribution in [1.82, 2.24) is 4.90 Å². The topological polar surface area (TPSA) is 51.1 Å². The fraction of sp³-hybridized carbons (Fsp3) is 0.750. The van der Waals surface area contributed by atoms with Gasteiger partial charge >= 0.3 is 12.6 Å². The molecular weight excluding hydrogens is 306 g/mol. The van der Waals surface area contributed by atoms with E-state index in [0.29, 0.717) is 32.7 Å². The molecule has 0 bridgehead atoms. The summed E-state index contributed by atoms with van der Waals surface area (Å²) in [4.78, 5) is 17.2. The van der Waals surface area contributed by atoms with Crippen molar-refractivity contribution in [2.75, 3.05) is 26.2 Å². The number of hydrogen-bond donors (Lipinski definition) is 0. The SMILES string of the molecule is CC.CCN=C(/C=C(\C)N1CC(CC(=O)OCC)C1)OC(F)F. The van der Waals surface area contributed by atoms with E-state index >= 15 is 0 Å². The predicted octanol–water partition coefficient (Wildman–Crippen LogP) is 3.46. The zero-order chi connectivity index (χ0) is 17.8. The second-order valence-corrected chi connectivity index (χ2v) is 4.76. The molecule has 0 aromatic heterocycles. The Morgan fingerprint density at radius 2 is 1.96 bits per heavy atom. The number of carbonyl (C=O) groups excluding carboxylic acids is 1. The number of ether oxygens (including phenoxy) is 2. The number of nitrogens with zero attached hydrogens (tertiary/aromatic N) is 2. The molecule has 0 N–H and O–H groups in total. The molecule has 1 aliphatic heterocycles. The average molecular weight is 334 g/mol. The number of likely N-dealkylation sites (tertiary alicyclic amines) is 1. The molecule has 0 aromatic carbocycles. The van der Waals surface area contributed by atoms with Gasteiger partial charge in [-0.15, -0.1) is 0 Å². The Morgan fingerprint density at radius 1 is 1.35 bits per heavy atom. The summed E-state index contributed by atoms with van der Waals surface area (Å²) in [6.45, 7) is 8.61. The minimum Gasteiger partial charge on any atom is -0.466 e. The number of aliphatic imine (C=N–C) groups is 1. The third-order valence-corrected chi connectivity index (χ3v) is 3.07. The lowest BCUT2D eigenvalue weighted by atomic mass is 9.96. The molecule has 0 amide bonds. The summed E-state index contributed by atoms with van der Waals surface area (Å²) in [6, 6.07) is 0. The molecule has 0 unspecified atom stereocenters. The Labute approximate surface area is 137 Å². The van der Waals surface area contributed by atoms with Gasteiger partial charge in [0.05, 0.1) is 13.0 Å². The molecule has 0 aliphatic carbocycles. The monoisotopic (exact) mass is 334 g/mol. The van der Waals surface area contributed by atoms with Crippen LogP contribution in [0.2, 0.25) is 0 Å². The largest absolute Gasteiger partial charge is 0.466 e. The highest BCUT2D eigenvalue weighted by atomic mass is 19.3. The molecule has 0 atom stereocenters. The molecular formula is C16H28F2N2O3. The van der Waals surface area contributed by atoms with Crippen LogP contribution in [0.25, 0.3) is 0 Å². The van der Waals surface area contributed by atoms with Crippen LogP contribution in [0.4, 0.5) is 8.78 Å². The Kier molecular flexibility index (Phi) is 11.0. The van der Waals surface area contributed by atoms with Crippen LogP contribution in [-0.2, 0) is 14.3 Å². The Bertz CT molecular complexity index is 406. The third-order valence-electron chi connectivity index (χ3n) is 3.07. The molecule has 1 heterocycles. The second kappa shape index (κ2) is 11.8. The van der Waals surface area contributed by atoms with Crippen molar-refractivity contribution in [2.45, 2.75) is 47.7 Å². The van der Waals surface area contributed by atoms with Gasteiger partial charge in [0, 0.05) is 37.3 Å². The molecule has 0 aromatic rings. The molecule has 0 saturated carbocycles. The summed E-state index contributed by atoms with van der Waals surface area (Å²) in [5.74, 6) is -0.0214. The third kappa shape index (κ3) is 8.52. The van der Waals surface area contributed by atoms with E-state index in [-0.39, 0.29) is 17.8 Å². The number of rotatable bonds is 7. The summed E-state index contributed by atoms with van der Waals surface area (Å²) in [7, 11) is 0. The van der Waals surface area contributed by atoms with Crippen LogP contribution >= 0.6 is 0 Å². The van der Waals surface area contributed by atoms with Crippen molar-refractivity contribution in [2.24, 2.45) is 10.9 Å². The quantitative estimate of drug-likeness (QED) is 0.406. The van der Waals surface area contributed by atoms with Crippen LogP contribution < -0.4 is 0 Å². The second-order valence-electron chi connectivity index (χ2n) is 4.76. The maximum absolute atomic E-state index is 12.2. The van der Waals surface area contributed by atoms with Crippen LogP contribution in [0.5, 0.6) is 0 Å². The van der Waals surface area contributed by atoms with Gasteiger partial charge in [-0.3, -0.25) is 9.79 Å². The smallest absolute Gasteiger partial charge is 0.388 e. The normalized spacial score (nSPS) is 15.7. The fourth-order valence-corrected chi connectivity index (χ4v) is 2.08. The fourth-order valence-electron chi connectivity index (χ4n) is 2.08. The number of alkyl halides is 2. The summed E-state index contributed by atoms with van der Waals surface area (Å²) < 4.78 is 33.7. The molecule has 1 saturated heterocycles. The van der Waals surface area contributed by atoms with E-state index in [2.05, 4.69) is 9.73 Å². The van der Waals surface area contributed by atoms with Gasteiger partial charge in [-0.05, 0) is 20.8 Å². The molecule has 1 aliphatic rings. The lowest BCUT2D eigenvalue weighted by Crippen LogP contribution is -2.46. The molecule has 23 heavy (non-hydrogen) atoms. The Hall–Kier alpha value is -1.66. The zero-order valence-electron chi connectivity index (χ0n) is 14.6. The van der Waals surface area contributed by atoms with Crippen LogP contribution in [0.1, 0.15) is 41.0 Å². The van der Waals surface area contributed by atoms with Crippen molar-refractivity contribution in [3.63, 3.8) is 0 Å². The lowest BCUT2D eigenvalue weighted by molar-refractivity contribution is -0.145. The van der Waals surface area contributed by atoms with Gasteiger partial charge in [0.2, 0.25) is 5.90 Å². The van der Waals surface area contributed by atoms with Gasteiger partial charge in [-0.1, -0.05) is 13.8 Å². The average Bonchev–Trinajstić information content (AvgIpc) is 2.44. The van der Waals surface area contributed by atoms with Crippen molar-refractivity contribution >= 4 is 11.9 Å². The molecule has 1 fully saturated rings. The molecule has 0 radical (unpaired) electrons. The van der Waals surface area contributed by atoms with E-state index < -0.39 is 6.61 Å². The highest BCUT2D eigenvalue weighted by Gasteiger charge is 2.29. The Morgan fingerprint density at radius 3 is 2.43 bits per heavy atom. The number of esters is 1. The first-order chi connectivity index (χ1) is 11.0. The van der Waals surface area contributed by atoms with Crippen molar-refractivity contribution in [1.29, 1.82) is 0 Å². The van der Waals surface area contributed by atoms with Crippen LogP contribution in [0, 0.1) is 5.92 Å². The Balaban J connectivity index is 0.00000232. The van der Waals surface area contributed by atoms with E-state index in [1.165, 1.54) is 6.08 Å². The lowest BCUT2D eigenvalue weighted by Gasteiger charge is -2.41. The van der Waals surface area contributed by atoms with Crippen LogP contribution in [0.3, 0.4) is 0 Å². The number of hydrogen-bond acceptors (Lipinski definition) is 5. The molecule has 0 spiro atoms. The van der Waals surface area contributed by atoms with E-state index in [0.717, 1.165) is 5.70 Å². The number of halogens is 2. The van der Waals surface area contributed by atoms with Crippen molar-refractivity contribution < 1.29 is 23.0 Å². The summed E-state index contributed by atoms with van der Waals surface area (Å²) >= 11 is 0. The van der Waals surface area contributed by atoms with E-state index in [4.69, 9.17) is 4.74 Å². The molecule has 7 heteroatoms. The van der Waals surface area contributed by atoms with Gasteiger partial charge < -0.3 is 14.4 Å². The molecule has 5 nitrogen and oxygen atoms in total. The standard InChI is InChI=1S/C14H22F2N2O3.C2H6/c1-4-17-12(21-14(15)16)6-10(3)18-8-11(9-18)7-13(19)20-5-2;1-2/h6,11,14H,4-5,7-9H2,1-3H3;1-2H3/b10-6+,17-12?;. The number of carbonyl (C=O) groups is 1. The first-order valence-electron chi connectivity index (χ1n) is 8.04.